The zero-order valence-electron chi connectivity index (χ0n) is 51.1. The molecule has 0 aromatic heterocycles. The molecule has 0 rings (SSSR count). The van der Waals surface area contributed by atoms with E-state index < -0.39 is 6.10 Å². The predicted octanol–water partition coefficient (Wildman–Crippen LogP) is 23.6. The largest absolute Gasteiger partial charge is 0.462 e. The van der Waals surface area contributed by atoms with Gasteiger partial charge in [0.25, 0.3) is 0 Å². The molecule has 75 heavy (non-hydrogen) atoms. The summed E-state index contributed by atoms with van der Waals surface area (Å²) >= 11 is 0. The molecule has 1 atom stereocenters. The van der Waals surface area contributed by atoms with Crippen LogP contribution in [0.4, 0.5) is 0 Å². The van der Waals surface area contributed by atoms with E-state index in [1.54, 1.807) is 0 Å². The van der Waals surface area contributed by atoms with Crippen molar-refractivity contribution in [2.24, 2.45) is 0 Å². The number of allylic oxidation sites excluding steroid dienone is 4. The van der Waals surface area contributed by atoms with E-state index in [1.807, 2.05) is 0 Å². The molecule has 0 aromatic carbocycles. The Morgan fingerprint density at radius 2 is 0.533 bits per heavy atom. The normalized spacial score (nSPS) is 12.2. The highest BCUT2D eigenvalue weighted by molar-refractivity contribution is 5.70. The second-order valence-corrected chi connectivity index (χ2v) is 23.6. The predicted molar refractivity (Wildman–Crippen MR) is 330 cm³/mol. The van der Waals surface area contributed by atoms with Gasteiger partial charge in [-0.25, -0.2) is 0 Å². The van der Waals surface area contributed by atoms with Crippen LogP contribution in [0, 0.1) is 0 Å². The Balaban J connectivity index is 3.37. The molecule has 0 saturated heterocycles. The summed E-state index contributed by atoms with van der Waals surface area (Å²) in [5, 5.41) is 9.69. The summed E-state index contributed by atoms with van der Waals surface area (Å²) in [5.74, 6) is -0.568. The Labute approximate surface area is 470 Å². The van der Waals surface area contributed by atoms with Gasteiger partial charge in [0.1, 0.15) is 6.61 Å². The van der Waals surface area contributed by atoms with E-state index in [0.717, 1.165) is 38.5 Å². The average Bonchev–Trinajstić information content (AvgIpc) is 3.41. The van der Waals surface area contributed by atoms with Crippen LogP contribution in [-0.2, 0) is 19.1 Å². The van der Waals surface area contributed by atoms with Gasteiger partial charge in [-0.3, -0.25) is 9.59 Å². The fourth-order valence-corrected chi connectivity index (χ4v) is 10.8. The highest BCUT2D eigenvalue weighted by atomic mass is 16.6. The molecule has 0 bridgehead atoms. The van der Waals surface area contributed by atoms with E-state index in [9.17, 15) is 14.7 Å². The van der Waals surface area contributed by atoms with Gasteiger partial charge in [0.15, 0.2) is 6.10 Å². The second kappa shape index (κ2) is 66.7. The first-order valence-electron chi connectivity index (χ1n) is 34.4. The lowest BCUT2D eigenvalue weighted by atomic mass is 10.0. The van der Waals surface area contributed by atoms with Crippen LogP contribution in [-0.4, -0.2) is 36.4 Å². The molecule has 0 heterocycles. The summed E-state index contributed by atoms with van der Waals surface area (Å²) < 4.78 is 10.8. The summed E-state index contributed by atoms with van der Waals surface area (Å²) in [7, 11) is 0. The van der Waals surface area contributed by atoms with Gasteiger partial charge in [-0.1, -0.05) is 359 Å². The fraction of sp³-hybridized carbons (Fsp3) is 0.914. The van der Waals surface area contributed by atoms with Crippen LogP contribution in [0.15, 0.2) is 24.3 Å². The molecular weight excluding hydrogens is 921 g/mol. The molecule has 444 valence electrons. The average molecular weight is 1060 g/mol. The maximum atomic E-state index is 12.3. The van der Waals surface area contributed by atoms with Crippen LogP contribution < -0.4 is 0 Å². The van der Waals surface area contributed by atoms with Gasteiger partial charge in [-0.2, -0.15) is 0 Å². The topological polar surface area (TPSA) is 72.8 Å². The van der Waals surface area contributed by atoms with Crippen LogP contribution in [0.25, 0.3) is 0 Å². The van der Waals surface area contributed by atoms with Crippen LogP contribution in [0.1, 0.15) is 393 Å². The van der Waals surface area contributed by atoms with E-state index in [4.69, 9.17) is 9.47 Å². The standard InChI is InChI=1S/C70H134O5/c1-3-5-7-9-11-13-15-17-19-21-23-25-27-29-30-31-32-33-34-35-36-37-38-39-41-42-44-46-48-50-52-54-56-58-60-62-64-69(72)74-67-68(66-71)75-70(73)65-63-61-59-57-55-53-51-49-47-45-43-40-28-26-24-22-20-18-16-14-12-10-8-6-4-2/h16,18,22,24,68,71H,3-15,17,19-21,23,25-67H2,1-2H3/b18-16-,24-22-. The molecule has 0 aliphatic rings. The number of carbonyl (C=O) groups excluding carboxylic acids is 2. The molecule has 0 aromatic rings. The number of ether oxygens (including phenoxy) is 2. The molecule has 5 nitrogen and oxygen atoms in total. The van der Waals surface area contributed by atoms with Gasteiger partial charge < -0.3 is 14.6 Å². The first-order valence-corrected chi connectivity index (χ1v) is 34.4. The molecule has 0 saturated carbocycles. The van der Waals surface area contributed by atoms with E-state index in [1.165, 1.54) is 327 Å². The number of aliphatic hydroxyl groups excluding tert-OH is 1. The number of unbranched alkanes of at least 4 members (excludes halogenated alkanes) is 53. The summed E-state index contributed by atoms with van der Waals surface area (Å²) in [6.07, 6.45) is 86.5. The van der Waals surface area contributed by atoms with E-state index >= 15 is 0 Å². The first-order chi connectivity index (χ1) is 37.1. The minimum atomic E-state index is -0.770. The van der Waals surface area contributed by atoms with Gasteiger partial charge in [-0.15, -0.1) is 0 Å². The van der Waals surface area contributed by atoms with Crippen LogP contribution in [0.3, 0.4) is 0 Å². The van der Waals surface area contributed by atoms with Crippen molar-refractivity contribution in [2.75, 3.05) is 13.2 Å². The highest BCUT2D eigenvalue weighted by Gasteiger charge is 2.16. The van der Waals surface area contributed by atoms with Gasteiger partial charge in [0.2, 0.25) is 0 Å². The quantitative estimate of drug-likeness (QED) is 0.0373. The summed E-state index contributed by atoms with van der Waals surface area (Å²) in [6.45, 7) is 4.20. The SMILES string of the molecule is CCCCCCC/C=C\C/C=C\CCCCCCCCCCCCCCCC(=O)OC(CO)COC(=O)CCCCCCCCCCCCCCCCCCCCCCCCCCCCCCCCCCCCCC. The Kier molecular flexibility index (Phi) is 65.2. The van der Waals surface area contributed by atoms with Gasteiger partial charge >= 0.3 is 11.9 Å². The van der Waals surface area contributed by atoms with Crippen molar-refractivity contribution >= 4 is 11.9 Å². The van der Waals surface area contributed by atoms with E-state index in [-0.39, 0.29) is 25.2 Å². The smallest absolute Gasteiger partial charge is 0.306 e. The molecular formula is C70H134O5. The Hall–Kier alpha value is -1.62. The summed E-state index contributed by atoms with van der Waals surface area (Å²) in [4.78, 5) is 24.6. The van der Waals surface area contributed by atoms with Gasteiger partial charge in [-0.05, 0) is 44.9 Å². The molecule has 1 unspecified atom stereocenters. The maximum absolute atomic E-state index is 12.3. The number of rotatable bonds is 65. The van der Waals surface area contributed by atoms with Gasteiger partial charge in [0.05, 0.1) is 6.61 Å². The van der Waals surface area contributed by atoms with Gasteiger partial charge in [0, 0.05) is 12.8 Å². The highest BCUT2D eigenvalue weighted by Crippen LogP contribution is 2.19. The third kappa shape index (κ3) is 64.8. The van der Waals surface area contributed by atoms with Crippen molar-refractivity contribution in [3.05, 3.63) is 24.3 Å². The zero-order chi connectivity index (χ0) is 54.1. The van der Waals surface area contributed by atoms with Crippen molar-refractivity contribution in [1.82, 2.24) is 0 Å². The van der Waals surface area contributed by atoms with Crippen molar-refractivity contribution in [3.63, 3.8) is 0 Å². The second-order valence-electron chi connectivity index (χ2n) is 23.6. The molecule has 0 amide bonds. The van der Waals surface area contributed by atoms with Crippen molar-refractivity contribution < 1.29 is 24.2 Å². The molecule has 0 fully saturated rings. The van der Waals surface area contributed by atoms with Crippen LogP contribution in [0.2, 0.25) is 0 Å². The van der Waals surface area contributed by atoms with Crippen LogP contribution >= 0.6 is 0 Å². The van der Waals surface area contributed by atoms with E-state index in [0.29, 0.717) is 12.8 Å². The number of aliphatic hydroxyl groups is 1. The lowest BCUT2D eigenvalue weighted by Gasteiger charge is -2.15. The third-order valence-corrected chi connectivity index (χ3v) is 16.0. The minimum absolute atomic E-state index is 0.0595. The molecule has 1 N–H and O–H groups in total. The number of hydrogen-bond acceptors (Lipinski definition) is 5. The van der Waals surface area contributed by atoms with Crippen molar-refractivity contribution in [2.45, 2.75) is 399 Å². The Morgan fingerprint density at radius 3 is 0.787 bits per heavy atom. The molecule has 5 heteroatoms. The maximum Gasteiger partial charge on any atom is 0.306 e. The third-order valence-electron chi connectivity index (χ3n) is 16.0. The monoisotopic (exact) mass is 1060 g/mol. The fourth-order valence-electron chi connectivity index (χ4n) is 10.8. The number of hydrogen-bond donors (Lipinski definition) is 1. The number of carbonyl (C=O) groups is 2. The first kappa shape index (κ1) is 73.4. The summed E-state index contributed by atoms with van der Waals surface area (Å²) in [5.41, 5.74) is 0. The minimum Gasteiger partial charge on any atom is -0.462 e. The Bertz CT molecular complexity index is 1150. The zero-order valence-corrected chi connectivity index (χ0v) is 51.1. The lowest BCUT2D eigenvalue weighted by Crippen LogP contribution is -2.28. The van der Waals surface area contributed by atoms with Crippen molar-refractivity contribution in [3.8, 4) is 0 Å². The lowest BCUT2D eigenvalue weighted by molar-refractivity contribution is -0.161. The molecule has 0 radical (unpaired) electrons. The molecule has 0 aliphatic carbocycles. The summed E-state index contributed by atoms with van der Waals surface area (Å²) in [6, 6.07) is 0. The van der Waals surface area contributed by atoms with E-state index in [2.05, 4.69) is 38.2 Å². The van der Waals surface area contributed by atoms with Crippen LogP contribution in [0.5, 0.6) is 0 Å². The van der Waals surface area contributed by atoms with Crippen molar-refractivity contribution in [1.29, 1.82) is 0 Å². The molecule has 0 aliphatic heterocycles. The number of esters is 2. The Morgan fingerprint density at radius 1 is 0.307 bits per heavy atom. The molecule has 0 spiro atoms.